The second-order valence-electron chi connectivity index (χ2n) is 4.39. The summed E-state index contributed by atoms with van der Waals surface area (Å²) in [5.41, 5.74) is 9.81. The highest BCUT2D eigenvalue weighted by Crippen LogP contribution is 2.23. The molecular formula is C15H13NO2. The van der Waals surface area contributed by atoms with Crippen LogP contribution >= 0.6 is 0 Å². The van der Waals surface area contributed by atoms with Gasteiger partial charge in [0.1, 0.15) is 0 Å². The van der Waals surface area contributed by atoms with E-state index in [-0.39, 0.29) is 5.78 Å². The van der Waals surface area contributed by atoms with E-state index in [1.807, 2.05) is 30.3 Å². The smallest absolute Gasteiger partial charge is 0.195 e. The van der Waals surface area contributed by atoms with Crippen molar-refractivity contribution in [3.8, 4) is 0 Å². The van der Waals surface area contributed by atoms with Crippen molar-refractivity contribution in [1.29, 1.82) is 0 Å². The molecule has 3 heteroatoms. The Bertz CT molecular complexity index is 620. The van der Waals surface area contributed by atoms with Gasteiger partial charge in [0.2, 0.25) is 0 Å². The molecule has 0 aromatic heterocycles. The molecule has 0 aliphatic carbocycles. The van der Waals surface area contributed by atoms with Crippen LogP contribution in [0.1, 0.15) is 27.0 Å². The number of carbonyl (C=O) groups is 1. The third kappa shape index (κ3) is 1.79. The summed E-state index contributed by atoms with van der Waals surface area (Å²) in [6.45, 7) is 1.22. The van der Waals surface area contributed by atoms with Gasteiger partial charge in [0.15, 0.2) is 5.78 Å². The predicted molar refractivity (Wildman–Crippen MR) is 69.2 cm³/mol. The average molecular weight is 239 g/mol. The second kappa shape index (κ2) is 4.27. The average Bonchev–Trinajstić information content (AvgIpc) is 2.85. The van der Waals surface area contributed by atoms with E-state index in [0.29, 0.717) is 30.0 Å². The minimum Gasteiger partial charge on any atom is -0.398 e. The quantitative estimate of drug-likeness (QED) is 0.647. The number of ketones is 1. The summed E-state index contributed by atoms with van der Waals surface area (Å²) < 4.78 is 5.34. The van der Waals surface area contributed by atoms with E-state index in [0.717, 1.165) is 11.1 Å². The van der Waals surface area contributed by atoms with Gasteiger partial charge >= 0.3 is 0 Å². The Balaban J connectivity index is 2.01. The zero-order valence-electron chi connectivity index (χ0n) is 9.85. The van der Waals surface area contributed by atoms with Gasteiger partial charge in [-0.05, 0) is 29.3 Å². The van der Waals surface area contributed by atoms with E-state index in [2.05, 4.69) is 0 Å². The lowest BCUT2D eigenvalue weighted by atomic mass is 9.98. The first-order chi connectivity index (χ1) is 8.75. The summed E-state index contributed by atoms with van der Waals surface area (Å²) in [5, 5.41) is 0. The van der Waals surface area contributed by atoms with Crippen LogP contribution in [0.25, 0.3) is 0 Å². The van der Waals surface area contributed by atoms with Crippen LogP contribution in [0, 0.1) is 0 Å². The highest BCUT2D eigenvalue weighted by molar-refractivity contribution is 6.12. The normalized spacial score (nSPS) is 13.3. The first-order valence-corrected chi connectivity index (χ1v) is 5.84. The molecule has 0 fully saturated rings. The van der Waals surface area contributed by atoms with Crippen molar-refractivity contribution in [2.75, 3.05) is 5.73 Å². The molecule has 3 nitrogen and oxygen atoms in total. The van der Waals surface area contributed by atoms with Crippen molar-refractivity contribution in [3.63, 3.8) is 0 Å². The van der Waals surface area contributed by atoms with Gasteiger partial charge in [0, 0.05) is 16.8 Å². The molecule has 0 radical (unpaired) electrons. The Hall–Kier alpha value is -2.13. The van der Waals surface area contributed by atoms with Crippen LogP contribution in [0.15, 0.2) is 42.5 Å². The number of nitrogens with two attached hydrogens (primary N) is 1. The van der Waals surface area contributed by atoms with E-state index in [4.69, 9.17) is 10.5 Å². The fraction of sp³-hybridized carbons (Fsp3) is 0.133. The van der Waals surface area contributed by atoms with E-state index in [1.165, 1.54) is 0 Å². The van der Waals surface area contributed by atoms with Crippen LogP contribution in [-0.4, -0.2) is 5.78 Å². The molecule has 0 atom stereocenters. The molecular weight excluding hydrogens is 226 g/mol. The molecule has 90 valence electrons. The predicted octanol–water partition coefficient (Wildman–Crippen LogP) is 2.53. The lowest BCUT2D eigenvalue weighted by molar-refractivity contribution is 0.103. The minimum absolute atomic E-state index is 0.0391. The highest BCUT2D eigenvalue weighted by atomic mass is 16.5. The first kappa shape index (κ1) is 11.0. The van der Waals surface area contributed by atoms with Crippen molar-refractivity contribution in [2.45, 2.75) is 13.2 Å². The number of benzene rings is 2. The van der Waals surface area contributed by atoms with E-state index in [9.17, 15) is 4.79 Å². The van der Waals surface area contributed by atoms with Crippen molar-refractivity contribution < 1.29 is 9.53 Å². The molecule has 3 rings (SSSR count). The van der Waals surface area contributed by atoms with Crippen LogP contribution in [0.3, 0.4) is 0 Å². The maximum Gasteiger partial charge on any atom is 0.195 e. The summed E-state index contributed by atoms with van der Waals surface area (Å²) in [4.78, 5) is 12.3. The van der Waals surface area contributed by atoms with Gasteiger partial charge in [-0.3, -0.25) is 4.79 Å². The van der Waals surface area contributed by atoms with Gasteiger partial charge in [0.25, 0.3) is 0 Å². The number of rotatable bonds is 2. The van der Waals surface area contributed by atoms with Gasteiger partial charge in [-0.25, -0.2) is 0 Å². The molecule has 1 heterocycles. The van der Waals surface area contributed by atoms with Crippen LogP contribution in [-0.2, 0) is 18.0 Å². The maximum absolute atomic E-state index is 12.3. The molecule has 2 aromatic rings. The Morgan fingerprint density at radius 3 is 2.67 bits per heavy atom. The molecule has 0 saturated carbocycles. The van der Waals surface area contributed by atoms with E-state index >= 15 is 0 Å². The fourth-order valence-electron chi connectivity index (χ4n) is 2.17. The molecule has 18 heavy (non-hydrogen) atoms. The Morgan fingerprint density at radius 2 is 1.83 bits per heavy atom. The van der Waals surface area contributed by atoms with Gasteiger partial charge in [-0.2, -0.15) is 0 Å². The molecule has 2 aromatic carbocycles. The highest BCUT2D eigenvalue weighted by Gasteiger charge is 2.16. The van der Waals surface area contributed by atoms with Crippen LogP contribution in [0.5, 0.6) is 0 Å². The SMILES string of the molecule is Nc1ccccc1C(=O)c1ccc2c(c1)COC2. The van der Waals surface area contributed by atoms with Crippen molar-refractivity contribution in [2.24, 2.45) is 0 Å². The van der Waals surface area contributed by atoms with Crippen molar-refractivity contribution in [3.05, 3.63) is 64.7 Å². The number of nitrogen functional groups attached to an aromatic ring is 1. The number of hydrogen-bond donors (Lipinski definition) is 1. The number of para-hydroxylation sites is 1. The third-order valence-corrected chi connectivity index (χ3v) is 3.19. The van der Waals surface area contributed by atoms with E-state index < -0.39 is 0 Å². The summed E-state index contributed by atoms with van der Waals surface area (Å²) >= 11 is 0. The number of anilines is 1. The second-order valence-corrected chi connectivity index (χ2v) is 4.39. The Labute approximate surface area is 105 Å². The van der Waals surface area contributed by atoms with Crippen molar-refractivity contribution in [1.82, 2.24) is 0 Å². The maximum atomic E-state index is 12.3. The fourth-order valence-corrected chi connectivity index (χ4v) is 2.17. The molecule has 0 spiro atoms. The largest absolute Gasteiger partial charge is 0.398 e. The third-order valence-electron chi connectivity index (χ3n) is 3.19. The van der Waals surface area contributed by atoms with Gasteiger partial charge in [0.05, 0.1) is 13.2 Å². The lowest BCUT2D eigenvalue weighted by Gasteiger charge is -2.06. The van der Waals surface area contributed by atoms with Gasteiger partial charge < -0.3 is 10.5 Å². The van der Waals surface area contributed by atoms with Gasteiger partial charge in [-0.1, -0.05) is 24.3 Å². The summed E-state index contributed by atoms with van der Waals surface area (Å²) in [7, 11) is 0. The number of fused-ring (bicyclic) bond motifs is 1. The zero-order chi connectivity index (χ0) is 12.5. The number of ether oxygens (including phenoxy) is 1. The number of carbonyl (C=O) groups excluding carboxylic acids is 1. The van der Waals surface area contributed by atoms with E-state index in [1.54, 1.807) is 12.1 Å². The summed E-state index contributed by atoms with van der Waals surface area (Å²) in [5.74, 6) is -0.0391. The molecule has 0 unspecified atom stereocenters. The van der Waals surface area contributed by atoms with Crippen LogP contribution < -0.4 is 5.73 Å². The monoisotopic (exact) mass is 239 g/mol. The molecule has 0 bridgehead atoms. The van der Waals surface area contributed by atoms with Crippen LogP contribution in [0.4, 0.5) is 5.69 Å². The molecule has 1 aliphatic rings. The Kier molecular flexibility index (Phi) is 2.61. The lowest BCUT2D eigenvalue weighted by Crippen LogP contribution is -2.05. The summed E-state index contributed by atoms with van der Waals surface area (Å²) in [6, 6.07) is 12.8. The molecule has 0 saturated heterocycles. The van der Waals surface area contributed by atoms with Crippen LogP contribution in [0.2, 0.25) is 0 Å². The zero-order valence-corrected chi connectivity index (χ0v) is 9.85. The standard InChI is InChI=1S/C15H13NO2/c16-14-4-2-1-3-13(14)15(17)10-5-6-11-8-18-9-12(11)7-10/h1-7H,8-9,16H2. The first-order valence-electron chi connectivity index (χ1n) is 5.84. The van der Waals surface area contributed by atoms with Gasteiger partial charge in [-0.15, -0.1) is 0 Å². The summed E-state index contributed by atoms with van der Waals surface area (Å²) in [6.07, 6.45) is 0. The molecule has 1 aliphatic heterocycles. The Morgan fingerprint density at radius 1 is 1.06 bits per heavy atom. The van der Waals surface area contributed by atoms with Crippen molar-refractivity contribution >= 4 is 11.5 Å². The molecule has 2 N–H and O–H groups in total. The topological polar surface area (TPSA) is 52.3 Å². The number of hydrogen-bond acceptors (Lipinski definition) is 3. The minimum atomic E-state index is -0.0391. The molecule has 0 amide bonds.